The summed E-state index contributed by atoms with van der Waals surface area (Å²) in [7, 11) is -2.14. The maximum Gasteiger partial charge on any atom is 0.212 e. The fraction of sp³-hybridized carbons (Fsp3) is 0.469. The molecule has 2 saturated heterocycles. The van der Waals surface area contributed by atoms with Crippen molar-refractivity contribution in [1.29, 1.82) is 0 Å². The number of aliphatic hydroxyl groups excluding tert-OH is 2. The molecular weight excluding hydrogens is 612 g/mol. The molecule has 4 aromatic rings. The van der Waals surface area contributed by atoms with Crippen molar-refractivity contribution in [3.8, 4) is 0 Å². The first-order valence-electron chi connectivity index (χ1n) is 15.5. The highest BCUT2D eigenvalue weighted by Crippen LogP contribution is 2.33. The monoisotopic (exact) mass is 652 g/mol. The van der Waals surface area contributed by atoms with Crippen molar-refractivity contribution in [3.63, 3.8) is 0 Å². The number of methoxy groups -OCH3 is 1. The van der Waals surface area contributed by atoms with Crippen LogP contribution in [-0.2, 0) is 30.8 Å². The normalized spacial score (nSPS) is 22.5. The molecule has 2 aromatic carbocycles. The lowest BCUT2D eigenvalue weighted by molar-refractivity contribution is -0.0580. The zero-order valence-electron chi connectivity index (χ0n) is 25.6. The Bertz CT molecular complexity index is 1650. The molecule has 46 heavy (non-hydrogen) atoms. The number of hydrogen-bond donors (Lipinski definition) is 4. The largest absolute Gasteiger partial charge is 0.387 e. The van der Waals surface area contributed by atoms with E-state index >= 15 is 0 Å². The molecule has 6 rings (SSSR count). The molecular formula is C32H40N6O7S. The predicted octanol–water partition coefficient (Wildman–Crippen LogP) is 2.18. The Morgan fingerprint density at radius 2 is 1.67 bits per heavy atom. The summed E-state index contributed by atoms with van der Waals surface area (Å²) in [6.45, 7) is 1.51. The van der Waals surface area contributed by atoms with Crippen molar-refractivity contribution >= 4 is 27.0 Å². The van der Waals surface area contributed by atoms with Crippen molar-refractivity contribution in [2.45, 2.75) is 49.8 Å². The van der Waals surface area contributed by atoms with Gasteiger partial charge in [-0.15, -0.1) is 0 Å². The molecule has 0 bridgehead atoms. The zero-order chi connectivity index (χ0) is 32.1. The van der Waals surface area contributed by atoms with E-state index in [1.165, 1.54) is 18.0 Å². The lowest BCUT2D eigenvalue weighted by Gasteiger charge is -2.22. The number of aliphatic hydroxyl groups is 2. The van der Waals surface area contributed by atoms with Gasteiger partial charge in [0.15, 0.2) is 23.2 Å². The van der Waals surface area contributed by atoms with Gasteiger partial charge < -0.3 is 29.7 Å². The summed E-state index contributed by atoms with van der Waals surface area (Å²) in [4.78, 5) is 13.9. The molecule has 0 spiro atoms. The second kappa shape index (κ2) is 14.5. The smallest absolute Gasteiger partial charge is 0.212 e. The van der Waals surface area contributed by atoms with Gasteiger partial charge in [-0.3, -0.25) is 4.57 Å². The number of rotatable bonds is 13. The quantitative estimate of drug-likeness (QED) is 0.167. The fourth-order valence-electron chi connectivity index (χ4n) is 6.07. The van der Waals surface area contributed by atoms with Crippen LogP contribution in [0.4, 0.5) is 5.82 Å². The first-order valence-corrected chi connectivity index (χ1v) is 17.1. The van der Waals surface area contributed by atoms with Gasteiger partial charge in [0.1, 0.15) is 24.1 Å². The summed E-state index contributed by atoms with van der Waals surface area (Å²) in [6, 6.07) is 20.2. The standard InChI is InChI=1S/C32H40N6O7S/c1-43-18-25-28(39)29(40)32(45-25)38-20-34-27-30(33-16-24(22-8-4-2-5-9-22)23-10-6-3-7-11-23)36-26(37-31(27)38)17-35-46(41,42)19-21-12-14-44-15-13-21/h2-11,20-21,24-25,28-29,32,35,39-40H,12-19H2,1H3,(H,33,36,37)/t25-,28-,29-,32-/m1/s1. The summed E-state index contributed by atoms with van der Waals surface area (Å²) >= 11 is 0. The van der Waals surface area contributed by atoms with Gasteiger partial charge in [-0.2, -0.15) is 0 Å². The van der Waals surface area contributed by atoms with E-state index in [-0.39, 0.29) is 36.6 Å². The number of aromatic nitrogens is 4. The molecule has 4 atom stereocenters. The Kier molecular flexibility index (Phi) is 10.2. The number of nitrogens with one attached hydrogen (secondary N) is 2. The Hall–Kier alpha value is -3.50. The number of fused-ring (bicyclic) bond motifs is 1. The molecule has 2 aliphatic rings. The van der Waals surface area contributed by atoms with Gasteiger partial charge in [-0.1, -0.05) is 60.7 Å². The van der Waals surface area contributed by atoms with Crippen molar-refractivity contribution in [1.82, 2.24) is 24.2 Å². The molecule has 246 valence electrons. The SMILES string of the molecule is COC[C@H]1O[C@@H](n2cnc3c(NCC(c4ccccc4)c4ccccc4)nc(CNS(=O)(=O)CC4CCOCC4)nc32)[C@H](O)[C@@H]1O. The lowest BCUT2D eigenvalue weighted by Crippen LogP contribution is -2.33. The number of sulfonamides is 1. The van der Waals surface area contributed by atoms with E-state index in [0.717, 1.165) is 11.1 Å². The van der Waals surface area contributed by atoms with Crippen molar-refractivity contribution in [3.05, 3.63) is 83.9 Å². The third-order valence-electron chi connectivity index (χ3n) is 8.53. The number of ether oxygens (including phenoxy) is 3. The fourth-order valence-corrected chi connectivity index (χ4v) is 7.49. The van der Waals surface area contributed by atoms with Crippen LogP contribution >= 0.6 is 0 Å². The van der Waals surface area contributed by atoms with Crippen molar-refractivity contribution in [2.24, 2.45) is 5.92 Å². The molecule has 2 aromatic heterocycles. The molecule has 0 unspecified atom stereocenters. The minimum absolute atomic E-state index is 0.00163. The summed E-state index contributed by atoms with van der Waals surface area (Å²) < 4.78 is 46.7. The third-order valence-corrected chi connectivity index (χ3v) is 10.0. The van der Waals surface area contributed by atoms with E-state index < -0.39 is 34.6 Å². The highest BCUT2D eigenvalue weighted by molar-refractivity contribution is 7.89. The van der Waals surface area contributed by atoms with Crippen LogP contribution in [0.25, 0.3) is 11.2 Å². The van der Waals surface area contributed by atoms with Gasteiger partial charge in [-0.25, -0.2) is 28.1 Å². The average molecular weight is 653 g/mol. The maximum absolute atomic E-state index is 13.0. The summed E-state index contributed by atoms with van der Waals surface area (Å²) in [5.74, 6) is 0.610. The first-order chi connectivity index (χ1) is 22.3. The molecule has 14 heteroatoms. The predicted molar refractivity (Wildman–Crippen MR) is 171 cm³/mol. The molecule has 2 fully saturated rings. The van der Waals surface area contributed by atoms with Gasteiger partial charge >= 0.3 is 0 Å². The minimum Gasteiger partial charge on any atom is -0.387 e. The van der Waals surface area contributed by atoms with Crippen LogP contribution < -0.4 is 10.0 Å². The van der Waals surface area contributed by atoms with Crippen molar-refractivity contribution < 1.29 is 32.8 Å². The Balaban J connectivity index is 1.31. The number of benzene rings is 2. The number of hydrogen-bond acceptors (Lipinski definition) is 11. The van der Waals surface area contributed by atoms with Gasteiger partial charge in [0.05, 0.1) is 25.2 Å². The molecule has 13 nitrogen and oxygen atoms in total. The Morgan fingerprint density at radius 3 is 2.33 bits per heavy atom. The third kappa shape index (κ3) is 7.39. The highest BCUT2D eigenvalue weighted by atomic mass is 32.2. The Labute approximate surface area is 268 Å². The van der Waals surface area contributed by atoms with Crippen LogP contribution in [-0.4, -0.2) is 95.7 Å². The van der Waals surface area contributed by atoms with E-state index in [1.54, 1.807) is 0 Å². The topological polar surface area (TPSA) is 170 Å². The molecule has 0 radical (unpaired) electrons. The Morgan fingerprint density at radius 1 is 1.00 bits per heavy atom. The van der Waals surface area contributed by atoms with Crippen LogP contribution in [0, 0.1) is 5.92 Å². The summed E-state index contributed by atoms with van der Waals surface area (Å²) in [5.41, 5.74) is 2.95. The van der Waals surface area contributed by atoms with Crippen LogP contribution in [0.15, 0.2) is 67.0 Å². The molecule has 0 saturated carbocycles. The number of imidazole rings is 1. The van der Waals surface area contributed by atoms with E-state index in [2.05, 4.69) is 44.3 Å². The molecule has 0 amide bonds. The molecule has 2 aliphatic heterocycles. The van der Waals surface area contributed by atoms with Crippen molar-refractivity contribution in [2.75, 3.05) is 44.5 Å². The highest BCUT2D eigenvalue weighted by Gasteiger charge is 2.44. The molecule has 4 heterocycles. The molecule has 4 N–H and O–H groups in total. The average Bonchev–Trinajstić information content (AvgIpc) is 3.61. The first kappa shape index (κ1) is 32.4. The second-order valence-corrected chi connectivity index (χ2v) is 13.6. The lowest BCUT2D eigenvalue weighted by atomic mass is 9.91. The zero-order valence-corrected chi connectivity index (χ0v) is 26.4. The van der Waals surface area contributed by atoms with E-state index in [0.29, 0.717) is 49.6 Å². The van der Waals surface area contributed by atoms with Crippen LogP contribution in [0.5, 0.6) is 0 Å². The molecule has 0 aliphatic carbocycles. The van der Waals surface area contributed by atoms with E-state index in [1.807, 2.05) is 36.4 Å². The van der Waals surface area contributed by atoms with Gasteiger partial charge in [0, 0.05) is 32.8 Å². The maximum atomic E-state index is 13.0. The minimum atomic E-state index is -3.63. The summed E-state index contributed by atoms with van der Waals surface area (Å²) in [6.07, 6.45) is -1.34. The van der Waals surface area contributed by atoms with Gasteiger partial charge in [0.2, 0.25) is 10.0 Å². The number of nitrogens with zero attached hydrogens (tertiary/aromatic N) is 4. The van der Waals surface area contributed by atoms with Gasteiger partial charge in [0.25, 0.3) is 0 Å². The van der Waals surface area contributed by atoms with Gasteiger partial charge in [-0.05, 0) is 29.9 Å². The summed E-state index contributed by atoms with van der Waals surface area (Å²) in [5, 5.41) is 24.9. The van der Waals surface area contributed by atoms with E-state index in [9.17, 15) is 18.6 Å². The van der Waals surface area contributed by atoms with E-state index in [4.69, 9.17) is 19.2 Å². The number of anilines is 1. The van der Waals surface area contributed by atoms with Crippen LogP contribution in [0.3, 0.4) is 0 Å². The van der Waals surface area contributed by atoms with Crippen LogP contribution in [0.2, 0.25) is 0 Å². The van der Waals surface area contributed by atoms with Crippen LogP contribution in [0.1, 0.15) is 41.9 Å². The second-order valence-electron chi connectivity index (χ2n) is 11.7.